The van der Waals surface area contributed by atoms with Crippen LogP contribution in [0.4, 0.5) is 4.39 Å². The number of aliphatic hydroxyl groups is 1. The van der Waals surface area contributed by atoms with Gasteiger partial charge in [-0.05, 0) is 36.8 Å². The van der Waals surface area contributed by atoms with Crippen molar-refractivity contribution in [2.45, 2.75) is 13.0 Å². The van der Waals surface area contributed by atoms with Crippen LogP contribution in [0.1, 0.15) is 18.6 Å². The largest absolute Gasteiger partial charge is 0.457 e. The third-order valence-electron chi connectivity index (χ3n) is 2.49. The molecule has 0 bridgehead atoms. The van der Waals surface area contributed by atoms with Crippen molar-refractivity contribution in [2.75, 3.05) is 0 Å². The highest BCUT2D eigenvalue weighted by Crippen LogP contribution is 2.31. The number of aliphatic hydroxyl groups excluding tert-OH is 1. The second kappa shape index (κ2) is 6.03. The van der Waals surface area contributed by atoms with Gasteiger partial charge in [-0.2, -0.15) is 0 Å². The zero-order valence-corrected chi connectivity index (χ0v) is 13.2. The Morgan fingerprint density at radius 2 is 1.84 bits per heavy atom. The Hall–Kier alpha value is -0.910. The Kier molecular flexibility index (Phi) is 4.60. The molecule has 100 valence electrons. The minimum absolute atomic E-state index is 0.371. The Morgan fingerprint density at radius 1 is 1.11 bits per heavy atom. The van der Waals surface area contributed by atoms with Crippen molar-refractivity contribution in [2.24, 2.45) is 0 Å². The molecule has 1 unspecified atom stereocenters. The van der Waals surface area contributed by atoms with Crippen LogP contribution in [0, 0.1) is 5.82 Å². The summed E-state index contributed by atoms with van der Waals surface area (Å²) in [5.41, 5.74) is 0.771. The molecule has 0 aromatic heterocycles. The first-order chi connectivity index (χ1) is 8.95. The molecule has 0 heterocycles. The lowest BCUT2D eigenvalue weighted by molar-refractivity contribution is 0.198. The van der Waals surface area contributed by atoms with E-state index in [1.165, 1.54) is 12.1 Å². The van der Waals surface area contributed by atoms with E-state index in [0.29, 0.717) is 16.0 Å². The standard InChI is InChI=1S/C14H11Br2FO2/c1-8(18)13-3-2-11(7-14(13)16)19-12-5-9(15)4-10(17)6-12/h2-8,18H,1H3. The average molecular weight is 390 g/mol. The molecular formula is C14H11Br2FO2. The van der Waals surface area contributed by atoms with E-state index in [1.54, 1.807) is 31.2 Å². The number of benzene rings is 2. The van der Waals surface area contributed by atoms with Gasteiger partial charge in [0.2, 0.25) is 0 Å². The third-order valence-corrected chi connectivity index (χ3v) is 3.64. The molecule has 0 saturated heterocycles. The van der Waals surface area contributed by atoms with Crippen molar-refractivity contribution in [3.05, 3.63) is 56.7 Å². The Morgan fingerprint density at radius 3 is 2.42 bits per heavy atom. The number of ether oxygens (including phenoxy) is 1. The number of hydrogen-bond acceptors (Lipinski definition) is 2. The van der Waals surface area contributed by atoms with Crippen molar-refractivity contribution in [3.8, 4) is 11.5 Å². The summed E-state index contributed by atoms with van der Waals surface area (Å²) < 4.78 is 20.2. The summed E-state index contributed by atoms with van der Waals surface area (Å²) in [6, 6.07) is 9.57. The van der Waals surface area contributed by atoms with Crippen molar-refractivity contribution >= 4 is 31.9 Å². The van der Waals surface area contributed by atoms with Gasteiger partial charge in [-0.3, -0.25) is 0 Å². The van der Waals surface area contributed by atoms with E-state index < -0.39 is 6.10 Å². The lowest BCUT2D eigenvalue weighted by atomic mass is 10.1. The number of hydrogen-bond donors (Lipinski definition) is 1. The van der Waals surface area contributed by atoms with E-state index in [2.05, 4.69) is 31.9 Å². The van der Waals surface area contributed by atoms with Gasteiger partial charge < -0.3 is 9.84 Å². The van der Waals surface area contributed by atoms with E-state index in [1.807, 2.05) is 0 Å². The van der Waals surface area contributed by atoms with E-state index in [9.17, 15) is 9.50 Å². The monoisotopic (exact) mass is 388 g/mol. The van der Waals surface area contributed by atoms with Crippen LogP contribution in [0.5, 0.6) is 11.5 Å². The molecule has 2 aromatic rings. The molecule has 1 N–H and O–H groups in total. The van der Waals surface area contributed by atoms with Crippen molar-refractivity contribution in [1.29, 1.82) is 0 Å². The molecule has 1 atom stereocenters. The molecule has 0 aliphatic rings. The lowest BCUT2D eigenvalue weighted by Gasteiger charge is -2.11. The van der Waals surface area contributed by atoms with Crippen molar-refractivity contribution in [3.63, 3.8) is 0 Å². The summed E-state index contributed by atoms with van der Waals surface area (Å²) in [6.45, 7) is 1.68. The first-order valence-electron chi connectivity index (χ1n) is 5.57. The van der Waals surface area contributed by atoms with Gasteiger partial charge in [-0.25, -0.2) is 4.39 Å². The molecule has 0 amide bonds. The van der Waals surface area contributed by atoms with Crippen LogP contribution in [0.2, 0.25) is 0 Å². The molecular weight excluding hydrogens is 379 g/mol. The zero-order valence-electron chi connectivity index (χ0n) is 10.0. The summed E-state index contributed by atoms with van der Waals surface area (Å²) >= 11 is 6.58. The van der Waals surface area contributed by atoms with Crippen molar-refractivity contribution in [1.82, 2.24) is 0 Å². The van der Waals surface area contributed by atoms with Gasteiger partial charge in [-0.15, -0.1) is 0 Å². The first kappa shape index (κ1) is 14.5. The van der Waals surface area contributed by atoms with Crippen LogP contribution in [0.15, 0.2) is 45.3 Å². The molecule has 2 aromatic carbocycles. The second-order valence-electron chi connectivity index (χ2n) is 4.07. The SMILES string of the molecule is CC(O)c1ccc(Oc2cc(F)cc(Br)c2)cc1Br. The molecule has 5 heteroatoms. The van der Waals surface area contributed by atoms with E-state index in [-0.39, 0.29) is 5.82 Å². The Bertz CT molecular complexity index is 580. The topological polar surface area (TPSA) is 29.5 Å². The van der Waals surface area contributed by atoms with Crippen LogP contribution < -0.4 is 4.74 Å². The summed E-state index contributed by atoms with van der Waals surface area (Å²) in [7, 11) is 0. The highest BCUT2D eigenvalue weighted by molar-refractivity contribution is 9.10. The normalized spacial score (nSPS) is 12.3. The molecule has 19 heavy (non-hydrogen) atoms. The van der Waals surface area contributed by atoms with Gasteiger partial charge >= 0.3 is 0 Å². The minimum Gasteiger partial charge on any atom is -0.457 e. The fourth-order valence-electron chi connectivity index (χ4n) is 1.63. The van der Waals surface area contributed by atoms with Crippen LogP contribution in [0.25, 0.3) is 0 Å². The molecule has 2 nitrogen and oxygen atoms in total. The third kappa shape index (κ3) is 3.78. The quantitative estimate of drug-likeness (QED) is 0.781. The molecule has 0 saturated carbocycles. The molecule has 0 aliphatic carbocycles. The van der Waals surface area contributed by atoms with Gasteiger partial charge in [0.1, 0.15) is 17.3 Å². The highest BCUT2D eigenvalue weighted by atomic mass is 79.9. The summed E-state index contributed by atoms with van der Waals surface area (Å²) in [5.74, 6) is 0.599. The first-order valence-corrected chi connectivity index (χ1v) is 7.16. The van der Waals surface area contributed by atoms with Gasteiger partial charge in [0.05, 0.1) is 6.10 Å². The Labute approximate surface area is 127 Å². The highest BCUT2D eigenvalue weighted by Gasteiger charge is 2.08. The van der Waals surface area contributed by atoms with E-state index >= 15 is 0 Å². The second-order valence-corrected chi connectivity index (χ2v) is 5.84. The van der Waals surface area contributed by atoms with Crippen LogP contribution in [0.3, 0.4) is 0 Å². The number of rotatable bonds is 3. The number of halogens is 3. The summed E-state index contributed by atoms with van der Waals surface area (Å²) in [5, 5.41) is 9.53. The maximum Gasteiger partial charge on any atom is 0.131 e. The van der Waals surface area contributed by atoms with E-state index in [4.69, 9.17) is 4.74 Å². The predicted molar refractivity (Wildman–Crippen MR) is 78.9 cm³/mol. The van der Waals surface area contributed by atoms with E-state index in [0.717, 1.165) is 10.0 Å². The maximum atomic E-state index is 13.2. The molecule has 0 aliphatic heterocycles. The van der Waals surface area contributed by atoms with Crippen molar-refractivity contribution < 1.29 is 14.2 Å². The predicted octanol–water partition coefficient (Wildman–Crippen LogP) is 5.20. The fraction of sp³-hybridized carbons (Fsp3) is 0.143. The fourth-order valence-corrected chi connectivity index (χ4v) is 2.77. The average Bonchev–Trinajstić information content (AvgIpc) is 2.26. The maximum absolute atomic E-state index is 13.2. The molecule has 0 radical (unpaired) electrons. The Balaban J connectivity index is 2.26. The molecule has 0 fully saturated rings. The molecule has 2 rings (SSSR count). The summed E-state index contributed by atoms with van der Waals surface area (Å²) in [6.07, 6.45) is -0.563. The van der Waals surface area contributed by atoms with Gasteiger partial charge in [-0.1, -0.05) is 37.9 Å². The van der Waals surface area contributed by atoms with Crippen LogP contribution in [-0.4, -0.2) is 5.11 Å². The molecule has 0 spiro atoms. The summed E-state index contributed by atoms with van der Waals surface area (Å²) in [4.78, 5) is 0. The van der Waals surface area contributed by atoms with Crippen LogP contribution >= 0.6 is 31.9 Å². The van der Waals surface area contributed by atoms with Gasteiger partial charge in [0.25, 0.3) is 0 Å². The lowest BCUT2D eigenvalue weighted by Crippen LogP contribution is -1.93. The van der Waals surface area contributed by atoms with Gasteiger partial charge in [0, 0.05) is 15.0 Å². The minimum atomic E-state index is -0.563. The van der Waals surface area contributed by atoms with Crippen LogP contribution in [-0.2, 0) is 0 Å². The van der Waals surface area contributed by atoms with Gasteiger partial charge in [0.15, 0.2) is 0 Å². The zero-order chi connectivity index (χ0) is 14.0. The smallest absolute Gasteiger partial charge is 0.131 e.